The highest BCUT2D eigenvalue weighted by Gasteiger charge is 2.35. The second kappa shape index (κ2) is 6.38. The summed E-state index contributed by atoms with van der Waals surface area (Å²) >= 11 is 0. The fourth-order valence-electron chi connectivity index (χ4n) is 3.13. The molecule has 0 saturated heterocycles. The third-order valence-corrected chi connectivity index (χ3v) is 5.11. The molecule has 0 aromatic heterocycles. The molecule has 1 heterocycles. The number of benzene rings is 1. The molecule has 1 aromatic carbocycles. The molecular weight excluding hydrogens is 302 g/mol. The lowest BCUT2D eigenvalue weighted by Gasteiger charge is -2.29. The molecule has 2 aliphatic rings. The SMILES string of the molecule is Cc1ccc(C)c(N2N=C(C(=O)N(C)[C@H](C)C3CC3)CCC2=O)c1. The van der Waals surface area contributed by atoms with Crippen LogP contribution in [0.25, 0.3) is 0 Å². The molecule has 0 N–H and O–H groups in total. The van der Waals surface area contributed by atoms with Gasteiger partial charge < -0.3 is 4.90 Å². The first kappa shape index (κ1) is 16.7. The summed E-state index contributed by atoms with van der Waals surface area (Å²) in [6, 6.07) is 6.16. The Morgan fingerprint density at radius 1 is 1.29 bits per heavy atom. The average Bonchev–Trinajstić information content (AvgIpc) is 3.40. The Balaban J connectivity index is 1.87. The summed E-state index contributed by atoms with van der Waals surface area (Å²) in [7, 11) is 1.84. The molecular formula is C19H25N3O2. The molecule has 1 atom stereocenters. The summed E-state index contributed by atoms with van der Waals surface area (Å²) in [6.07, 6.45) is 3.13. The van der Waals surface area contributed by atoms with Gasteiger partial charge in [-0.25, -0.2) is 5.01 Å². The summed E-state index contributed by atoms with van der Waals surface area (Å²) in [6.45, 7) is 6.03. The van der Waals surface area contributed by atoms with E-state index in [4.69, 9.17) is 0 Å². The number of hydrogen-bond acceptors (Lipinski definition) is 3. The van der Waals surface area contributed by atoms with Gasteiger partial charge >= 0.3 is 0 Å². The number of amides is 2. The smallest absolute Gasteiger partial charge is 0.270 e. The van der Waals surface area contributed by atoms with Gasteiger partial charge in [0.2, 0.25) is 5.91 Å². The van der Waals surface area contributed by atoms with Gasteiger partial charge in [-0.15, -0.1) is 0 Å². The molecule has 1 aromatic rings. The largest absolute Gasteiger partial charge is 0.338 e. The zero-order chi connectivity index (χ0) is 17.4. The molecule has 1 aliphatic carbocycles. The van der Waals surface area contributed by atoms with Crippen LogP contribution in [0.1, 0.15) is 43.7 Å². The summed E-state index contributed by atoms with van der Waals surface area (Å²) < 4.78 is 0. The van der Waals surface area contributed by atoms with E-state index >= 15 is 0 Å². The first-order chi connectivity index (χ1) is 11.4. The first-order valence-corrected chi connectivity index (χ1v) is 8.63. The topological polar surface area (TPSA) is 53.0 Å². The molecule has 0 bridgehead atoms. The quantitative estimate of drug-likeness (QED) is 0.853. The second-order valence-corrected chi connectivity index (χ2v) is 7.04. The molecule has 24 heavy (non-hydrogen) atoms. The van der Waals surface area contributed by atoms with E-state index in [1.54, 1.807) is 4.90 Å². The lowest BCUT2D eigenvalue weighted by Crippen LogP contribution is -2.44. The summed E-state index contributed by atoms with van der Waals surface area (Å²) in [5, 5.41) is 5.84. The maximum Gasteiger partial charge on any atom is 0.270 e. The number of rotatable bonds is 4. The van der Waals surface area contributed by atoms with E-state index < -0.39 is 0 Å². The number of hydrogen-bond donors (Lipinski definition) is 0. The third kappa shape index (κ3) is 3.21. The van der Waals surface area contributed by atoms with Crippen LogP contribution in [0.3, 0.4) is 0 Å². The van der Waals surface area contributed by atoms with Crippen molar-refractivity contribution >= 4 is 23.2 Å². The number of carbonyl (C=O) groups is 2. The number of carbonyl (C=O) groups excluding carboxylic acids is 2. The normalized spacial score (nSPS) is 19.1. The lowest BCUT2D eigenvalue weighted by molar-refractivity contribution is -0.125. The van der Waals surface area contributed by atoms with Crippen LogP contribution in [0.4, 0.5) is 5.69 Å². The number of aryl methyl sites for hydroxylation is 2. The van der Waals surface area contributed by atoms with Gasteiger partial charge in [-0.3, -0.25) is 9.59 Å². The fraction of sp³-hybridized carbons (Fsp3) is 0.526. The van der Waals surface area contributed by atoms with Crippen LogP contribution < -0.4 is 5.01 Å². The second-order valence-electron chi connectivity index (χ2n) is 7.04. The van der Waals surface area contributed by atoms with E-state index in [0.29, 0.717) is 24.5 Å². The van der Waals surface area contributed by atoms with Crippen molar-refractivity contribution in [3.05, 3.63) is 29.3 Å². The molecule has 3 rings (SSSR count). The Morgan fingerprint density at radius 2 is 2.00 bits per heavy atom. The van der Waals surface area contributed by atoms with E-state index in [0.717, 1.165) is 16.8 Å². The van der Waals surface area contributed by atoms with E-state index in [-0.39, 0.29) is 17.9 Å². The van der Waals surface area contributed by atoms with Crippen LogP contribution in [-0.4, -0.2) is 35.5 Å². The predicted octanol–water partition coefficient (Wildman–Crippen LogP) is 3.04. The van der Waals surface area contributed by atoms with E-state index in [2.05, 4.69) is 12.0 Å². The Morgan fingerprint density at radius 3 is 2.67 bits per heavy atom. The van der Waals surface area contributed by atoms with E-state index in [1.807, 2.05) is 39.1 Å². The van der Waals surface area contributed by atoms with Gasteiger partial charge in [-0.2, -0.15) is 5.10 Å². The predicted molar refractivity (Wildman–Crippen MR) is 95.0 cm³/mol. The van der Waals surface area contributed by atoms with Crippen molar-refractivity contribution in [3.63, 3.8) is 0 Å². The average molecular weight is 327 g/mol. The monoisotopic (exact) mass is 327 g/mol. The van der Waals surface area contributed by atoms with Crippen molar-refractivity contribution < 1.29 is 9.59 Å². The van der Waals surface area contributed by atoms with Crippen LogP contribution in [-0.2, 0) is 9.59 Å². The minimum atomic E-state index is -0.0581. The molecule has 5 nitrogen and oxygen atoms in total. The lowest BCUT2D eigenvalue weighted by atomic mass is 10.1. The summed E-state index contributed by atoms with van der Waals surface area (Å²) in [4.78, 5) is 26.9. The molecule has 1 aliphatic heterocycles. The van der Waals surface area contributed by atoms with Crippen molar-refractivity contribution in [2.75, 3.05) is 12.1 Å². The highest BCUT2D eigenvalue weighted by Crippen LogP contribution is 2.35. The molecule has 1 saturated carbocycles. The van der Waals surface area contributed by atoms with E-state index in [9.17, 15) is 9.59 Å². The third-order valence-electron chi connectivity index (χ3n) is 5.11. The number of hydrazone groups is 1. The van der Waals surface area contributed by atoms with Gasteiger partial charge in [-0.1, -0.05) is 12.1 Å². The van der Waals surface area contributed by atoms with Crippen molar-refractivity contribution in [3.8, 4) is 0 Å². The fourth-order valence-corrected chi connectivity index (χ4v) is 3.13. The summed E-state index contributed by atoms with van der Waals surface area (Å²) in [5.41, 5.74) is 3.29. The minimum absolute atomic E-state index is 0.0573. The van der Waals surface area contributed by atoms with Crippen molar-refractivity contribution in [1.82, 2.24) is 4.90 Å². The van der Waals surface area contributed by atoms with Gasteiger partial charge in [0, 0.05) is 25.9 Å². The zero-order valence-electron chi connectivity index (χ0n) is 14.9. The maximum absolute atomic E-state index is 12.8. The van der Waals surface area contributed by atoms with Gasteiger partial charge in [-0.05, 0) is 56.7 Å². The zero-order valence-corrected chi connectivity index (χ0v) is 14.9. The maximum atomic E-state index is 12.8. The molecule has 2 amide bonds. The van der Waals surface area contributed by atoms with Gasteiger partial charge in [0.25, 0.3) is 5.91 Å². The van der Waals surface area contributed by atoms with Gasteiger partial charge in [0.1, 0.15) is 5.71 Å². The van der Waals surface area contributed by atoms with Gasteiger partial charge in [0.15, 0.2) is 0 Å². The van der Waals surface area contributed by atoms with E-state index in [1.165, 1.54) is 17.9 Å². The van der Waals surface area contributed by atoms with Gasteiger partial charge in [0.05, 0.1) is 5.69 Å². The van der Waals surface area contributed by atoms with Crippen LogP contribution in [0, 0.1) is 19.8 Å². The number of nitrogens with zero attached hydrogens (tertiary/aromatic N) is 3. The van der Waals surface area contributed by atoms with Crippen molar-refractivity contribution in [2.45, 2.75) is 52.5 Å². The van der Waals surface area contributed by atoms with Crippen LogP contribution in [0.2, 0.25) is 0 Å². The Labute approximate surface area is 143 Å². The minimum Gasteiger partial charge on any atom is -0.338 e. The molecule has 0 unspecified atom stereocenters. The summed E-state index contributed by atoms with van der Waals surface area (Å²) in [5.74, 6) is 0.496. The first-order valence-electron chi connectivity index (χ1n) is 8.63. The van der Waals surface area contributed by atoms with Crippen LogP contribution in [0.5, 0.6) is 0 Å². The Kier molecular flexibility index (Phi) is 4.43. The molecule has 128 valence electrons. The van der Waals surface area contributed by atoms with Crippen LogP contribution in [0.15, 0.2) is 23.3 Å². The molecule has 0 radical (unpaired) electrons. The Bertz CT molecular complexity index is 707. The Hall–Kier alpha value is -2.17. The standard InChI is InChI=1S/C19H25N3O2/c1-12-5-6-13(2)17(11-12)22-18(23)10-9-16(20-22)19(24)21(4)14(3)15-7-8-15/h5-6,11,14-15H,7-10H2,1-4H3/t14-/m1/s1. The van der Waals surface area contributed by atoms with Crippen LogP contribution >= 0.6 is 0 Å². The van der Waals surface area contributed by atoms with Crippen molar-refractivity contribution in [1.29, 1.82) is 0 Å². The molecule has 0 spiro atoms. The number of anilines is 1. The highest BCUT2D eigenvalue weighted by atomic mass is 16.2. The molecule has 5 heteroatoms. The van der Waals surface area contributed by atoms with Crippen molar-refractivity contribution in [2.24, 2.45) is 11.0 Å². The highest BCUT2D eigenvalue weighted by molar-refractivity contribution is 6.40. The molecule has 1 fully saturated rings.